The average Bonchev–Trinajstić information content (AvgIpc) is 3.10. The first-order valence-electron chi connectivity index (χ1n) is 20.5. The zero-order valence-electron chi connectivity index (χ0n) is 32.8. The lowest BCUT2D eigenvalue weighted by Gasteiger charge is -2.17. The van der Waals surface area contributed by atoms with E-state index in [1.165, 1.54) is 135 Å². The van der Waals surface area contributed by atoms with Crippen molar-refractivity contribution in [2.75, 3.05) is 26.4 Å². The third kappa shape index (κ3) is 40.0. The number of unbranched alkanes of at least 4 members (excludes halogenated alkanes) is 25. The van der Waals surface area contributed by atoms with Crippen molar-refractivity contribution >= 4 is 19.8 Å². The fourth-order valence-corrected chi connectivity index (χ4v) is 6.56. The molecule has 0 aromatic heterocycles. The fourth-order valence-electron chi connectivity index (χ4n) is 5.77. The van der Waals surface area contributed by atoms with Crippen molar-refractivity contribution in [1.82, 2.24) is 6.15 Å². The van der Waals surface area contributed by atoms with Crippen LogP contribution >= 0.6 is 7.82 Å². The van der Waals surface area contributed by atoms with E-state index in [1.807, 2.05) is 0 Å². The minimum atomic E-state index is -4.59. The molecular formula is C39H80NO10P. The summed E-state index contributed by atoms with van der Waals surface area (Å²) in [5, 5.41) is 19.9. The van der Waals surface area contributed by atoms with Crippen LogP contribution in [0, 0.1) is 0 Å². The molecule has 6 N–H and O–H groups in total. The molecule has 306 valence electrons. The molecule has 0 spiro atoms. The lowest BCUT2D eigenvalue weighted by atomic mass is 10.0. The lowest BCUT2D eigenvalue weighted by molar-refractivity contribution is -0.147. The summed E-state index contributed by atoms with van der Waals surface area (Å²) in [7, 11) is -4.59. The molecule has 0 fully saturated rings. The number of carbonyl (C=O) groups is 2. The van der Waals surface area contributed by atoms with Gasteiger partial charge >= 0.3 is 19.8 Å². The van der Waals surface area contributed by atoms with E-state index in [4.69, 9.17) is 18.5 Å². The summed E-state index contributed by atoms with van der Waals surface area (Å²) >= 11 is 0. The molecule has 0 aromatic carbocycles. The van der Waals surface area contributed by atoms with Crippen molar-refractivity contribution in [1.29, 1.82) is 0 Å². The fraction of sp³-hybridized carbons (Fsp3) is 0.949. The maximum atomic E-state index is 12.1. The summed E-state index contributed by atoms with van der Waals surface area (Å²) in [6.07, 6.45) is 30.9. The van der Waals surface area contributed by atoms with Crippen molar-refractivity contribution in [3.8, 4) is 0 Å². The van der Waals surface area contributed by atoms with E-state index in [9.17, 15) is 29.3 Å². The average molecular weight is 754 g/mol. The Hall–Kier alpha value is -1.07. The van der Waals surface area contributed by atoms with Crippen molar-refractivity contribution in [2.24, 2.45) is 0 Å². The van der Waals surface area contributed by atoms with Gasteiger partial charge in [-0.3, -0.25) is 18.6 Å². The first-order valence-corrected chi connectivity index (χ1v) is 22.0. The first kappa shape index (κ1) is 52.0. The van der Waals surface area contributed by atoms with Gasteiger partial charge < -0.3 is 30.7 Å². The molecule has 0 saturated heterocycles. The van der Waals surface area contributed by atoms with Crippen LogP contribution in [-0.2, 0) is 32.7 Å². The monoisotopic (exact) mass is 754 g/mol. The molecule has 0 aliphatic carbocycles. The van der Waals surface area contributed by atoms with E-state index in [1.54, 1.807) is 0 Å². The van der Waals surface area contributed by atoms with Crippen LogP contribution in [0.3, 0.4) is 0 Å². The molecule has 0 aliphatic rings. The standard InChI is InChI=1S/C39H77O10P.H3N/c1-3-5-7-9-11-13-15-17-19-21-23-25-27-29-31-39(43)47-33-37(41)35-49-50(44,45)48-34-36(40)32-46-38(42)30-28-26-24-22-20-18-16-14-12-10-8-6-4-2;/h36-37,40-41H,3-35H2,1-2H3,(H,44,45);1H3/t36-,37-;/m1./s1. The van der Waals surface area contributed by atoms with Gasteiger partial charge in [-0.05, 0) is 12.8 Å². The Bertz CT molecular complexity index is 819. The molecule has 0 bridgehead atoms. The van der Waals surface area contributed by atoms with Crippen molar-refractivity contribution in [3.05, 3.63) is 0 Å². The third-order valence-corrected chi connectivity index (χ3v) is 9.90. The van der Waals surface area contributed by atoms with E-state index >= 15 is 0 Å². The van der Waals surface area contributed by atoms with E-state index in [2.05, 4.69) is 13.8 Å². The second-order valence-corrected chi connectivity index (χ2v) is 15.5. The van der Waals surface area contributed by atoms with Crippen LogP contribution in [0.5, 0.6) is 0 Å². The first-order chi connectivity index (χ1) is 24.2. The van der Waals surface area contributed by atoms with Crippen molar-refractivity contribution in [2.45, 2.75) is 212 Å². The molecule has 0 saturated carbocycles. The number of esters is 2. The van der Waals surface area contributed by atoms with Gasteiger partial charge in [-0.15, -0.1) is 0 Å². The summed E-state index contributed by atoms with van der Waals surface area (Å²) < 4.78 is 31.7. The number of rotatable bonds is 39. The molecule has 3 atom stereocenters. The quantitative estimate of drug-likeness (QED) is 0.0266. The minimum Gasteiger partial charge on any atom is -0.463 e. The van der Waals surface area contributed by atoms with Crippen LogP contribution in [0.4, 0.5) is 0 Å². The Morgan fingerprint density at radius 2 is 0.686 bits per heavy atom. The smallest absolute Gasteiger partial charge is 0.463 e. The number of hydrogen-bond acceptors (Lipinski definition) is 10. The molecule has 0 rings (SSSR count). The van der Waals surface area contributed by atoms with Gasteiger partial charge in [-0.1, -0.05) is 174 Å². The number of ether oxygens (including phenoxy) is 2. The van der Waals surface area contributed by atoms with Gasteiger partial charge in [-0.25, -0.2) is 4.57 Å². The number of aliphatic hydroxyl groups excluding tert-OH is 2. The summed E-state index contributed by atoms with van der Waals surface area (Å²) in [5.74, 6) is -0.865. The van der Waals surface area contributed by atoms with Gasteiger partial charge in [0, 0.05) is 12.8 Å². The molecule has 0 heterocycles. The van der Waals surface area contributed by atoms with E-state index in [0.717, 1.165) is 38.5 Å². The van der Waals surface area contributed by atoms with Gasteiger partial charge in [0.1, 0.15) is 25.4 Å². The molecule has 0 aliphatic heterocycles. The Labute approximate surface area is 311 Å². The van der Waals surface area contributed by atoms with Crippen LogP contribution in [0.25, 0.3) is 0 Å². The number of hydrogen-bond donors (Lipinski definition) is 4. The summed E-state index contributed by atoms with van der Waals surface area (Å²) in [6, 6.07) is 0. The van der Waals surface area contributed by atoms with Crippen LogP contribution in [0.1, 0.15) is 200 Å². The predicted molar refractivity (Wildman–Crippen MR) is 206 cm³/mol. The third-order valence-electron chi connectivity index (χ3n) is 8.95. The second kappa shape index (κ2) is 38.6. The SMILES string of the molecule is CCCCCCCCCCCCCCCCC(=O)OC[C@@H](O)COP(=O)(O)OC[C@H](O)COC(=O)CCCCCCCCCCCCCCC.N. The molecule has 51 heavy (non-hydrogen) atoms. The van der Waals surface area contributed by atoms with Crippen molar-refractivity contribution < 1.29 is 47.8 Å². The zero-order valence-corrected chi connectivity index (χ0v) is 33.7. The highest BCUT2D eigenvalue weighted by molar-refractivity contribution is 7.47. The Kier molecular flexibility index (Phi) is 39.4. The maximum absolute atomic E-state index is 12.1. The summed E-state index contributed by atoms with van der Waals surface area (Å²) in [4.78, 5) is 33.7. The van der Waals surface area contributed by atoms with Crippen LogP contribution in [-0.4, -0.2) is 65.7 Å². The Morgan fingerprint density at radius 1 is 0.451 bits per heavy atom. The molecule has 0 aromatic rings. The largest absolute Gasteiger partial charge is 0.472 e. The van der Waals surface area contributed by atoms with E-state index < -0.39 is 45.2 Å². The number of aliphatic hydroxyl groups is 2. The van der Waals surface area contributed by atoms with Gasteiger partial charge in [0.2, 0.25) is 0 Å². The molecule has 1 unspecified atom stereocenters. The predicted octanol–water partition coefficient (Wildman–Crippen LogP) is 10.4. The summed E-state index contributed by atoms with van der Waals surface area (Å²) in [5.41, 5.74) is 0. The second-order valence-electron chi connectivity index (χ2n) is 14.1. The minimum absolute atomic E-state index is 0. The van der Waals surface area contributed by atoms with Crippen LogP contribution < -0.4 is 6.15 Å². The normalized spacial score (nSPS) is 13.7. The Balaban J connectivity index is 0. The van der Waals surface area contributed by atoms with Gasteiger partial charge in [-0.2, -0.15) is 0 Å². The summed E-state index contributed by atoms with van der Waals surface area (Å²) in [6.45, 7) is 2.56. The highest BCUT2D eigenvalue weighted by Crippen LogP contribution is 2.43. The number of carbonyl (C=O) groups excluding carboxylic acids is 2. The van der Waals surface area contributed by atoms with E-state index in [0.29, 0.717) is 0 Å². The van der Waals surface area contributed by atoms with Gasteiger partial charge in [0.15, 0.2) is 0 Å². The van der Waals surface area contributed by atoms with E-state index in [-0.39, 0.29) is 32.2 Å². The topological polar surface area (TPSA) is 184 Å². The number of phosphoric acid groups is 1. The molecule has 11 nitrogen and oxygen atoms in total. The molecule has 12 heteroatoms. The van der Waals surface area contributed by atoms with Gasteiger partial charge in [0.25, 0.3) is 0 Å². The lowest BCUT2D eigenvalue weighted by Crippen LogP contribution is -2.25. The maximum Gasteiger partial charge on any atom is 0.472 e. The van der Waals surface area contributed by atoms with Gasteiger partial charge in [0.05, 0.1) is 13.2 Å². The van der Waals surface area contributed by atoms with Crippen LogP contribution in [0.15, 0.2) is 0 Å². The molecular weight excluding hydrogens is 673 g/mol. The van der Waals surface area contributed by atoms with Crippen molar-refractivity contribution in [3.63, 3.8) is 0 Å². The van der Waals surface area contributed by atoms with Crippen LogP contribution in [0.2, 0.25) is 0 Å². The Morgan fingerprint density at radius 3 is 0.941 bits per heavy atom. The highest BCUT2D eigenvalue weighted by Gasteiger charge is 2.25. The molecule has 0 amide bonds. The highest BCUT2D eigenvalue weighted by atomic mass is 31.2. The molecule has 0 radical (unpaired) electrons. The number of phosphoric ester groups is 1. The zero-order chi connectivity index (χ0) is 37.0.